The van der Waals surface area contributed by atoms with E-state index in [0.29, 0.717) is 11.7 Å². The summed E-state index contributed by atoms with van der Waals surface area (Å²) in [4.78, 5) is 12.1. The Balaban J connectivity index is 1.60. The van der Waals surface area contributed by atoms with E-state index in [0.717, 1.165) is 29.8 Å². The molecule has 22 heavy (non-hydrogen) atoms. The van der Waals surface area contributed by atoms with Crippen LogP contribution in [0.3, 0.4) is 0 Å². The fraction of sp³-hybridized carbons (Fsp3) is 0.316. The van der Waals surface area contributed by atoms with Crippen molar-refractivity contribution >= 4 is 11.6 Å². The lowest BCUT2D eigenvalue weighted by Crippen LogP contribution is -2.12. The molecule has 0 spiro atoms. The fourth-order valence-electron chi connectivity index (χ4n) is 2.72. The Morgan fingerprint density at radius 1 is 1.00 bits per heavy atom. The van der Waals surface area contributed by atoms with Crippen LogP contribution in [0.4, 0.5) is 5.69 Å². The molecular weight excluding hydrogens is 274 g/mol. The first-order chi connectivity index (χ1) is 10.7. The molecule has 0 saturated heterocycles. The minimum Gasteiger partial charge on any atom is -0.490 e. The highest BCUT2D eigenvalue weighted by Gasteiger charge is 2.16. The van der Waals surface area contributed by atoms with E-state index in [-0.39, 0.29) is 5.91 Å². The van der Waals surface area contributed by atoms with Gasteiger partial charge < -0.3 is 10.1 Å². The van der Waals surface area contributed by atoms with E-state index >= 15 is 0 Å². The van der Waals surface area contributed by atoms with Crippen LogP contribution in [0.25, 0.3) is 0 Å². The summed E-state index contributed by atoms with van der Waals surface area (Å²) in [6.07, 6.45) is 5.16. The average Bonchev–Trinajstić information content (AvgIpc) is 3.03. The molecule has 3 rings (SSSR count). The van der Waals surface area contributed by atoms with Crippen molar-refractivity contribution in [3.63, 3.8) is 0 Å². The third-order valence-corrected chi connectivity index (χ3v) is 4.03. The zero-order valence-corrected chi connectivity index (χ0v) is 12.8. The van der Waals surface area contributed by atoms with Gasteiger partial charge in [-0.25, -0.2) is 0 Å². The second-order valence-corrected chi connectivity index (χ2v) is 5.87. The van der Waals surface area contributed by atoms with Gasteiger partial charge in [0.25, 0.3) is 5.91 Å². The van der Waals surface area contributed by atoms with Crippen molar-refractivity contribution in [2.45, 2.75) is 38.7 Å². The third-order valence-electron chi connectivity index (χ3n) is 4.03. The monoisotopic (exact) mass is 295 g/mol. The number of aryl methyl sites for hydroxylation is 1. The summed E-state index contributed by atoms with van der Waals surface area (Å²) in [7, 11) is 0. The molecule has 0 unspecified atom stereocenters. The van der Waals surface area contributed by atoms with E-state index < -0.39 is 0 Å². The molecule has 1 aliphatic rings. The summed E-state index contributed by atoms with van der Waals surface area (Å²) in [5.41, 5.74) is 2.59. The van der Waals surface area contributed by atoms with Gasteiger partial charge in [-0.2, -0.15) is 0 Å². The SMILES string of the molecule is Cc1ccc(C(=O)Nc2ccc(OC3CCCC3)cc2)cc1. The maximum absolute atomic E-state index is 12.1. The number of hydrogen-bond acceptors (Lipinski definition) is 2. The lowest BCUT2D eigenvalue weighted by Gasteiger charge is -2.13. The minimum absolute atomic E-state index is 0.0931. The highest BCUT2D eigenvalue weighted by molar-refractivity contribution is 6.04. The molecule has 1 N–H and O–H groups in total. The number of amides is 1. The highest BCUT2D eigenvalue weighted by Crippen LogP contribution is 2.25. The zero-order chi connectivity index (χ0) is 15.4. The zero-order valence-electron chi connectivity index (χ0n) is 12.8. The summed E-state index contributed by atoms with van der Waals surface area (Å²) in [6.45, 7) is 2.00. The van der Waals surface area contributed by atoms with Crippen LogP contribution in [0, 0.1) is 6.92 Å². The number of ether oxygens (including phenoxy) is 1. The minimum atomic E-state index is -0.0931. The number of anilines is 1. The molecule has 1 amide bonds. The molecule has 0 atom stereocenters. The van der Waals surface area contributed by atoms with E-state index in [1.807, 2.05) is 55.5 Å². The standard InChI is InChI=1S/C19H21NO2/c1-14-6-8-15(9-7-14)19(21)20-16-10-12-18(13-11-16)22-17-4-2-3-5-17/h6-13,17H,2-5H2,1H3,(H,20,21). The second-order valence-electron chi connectivity index (χ2n) is 5.87. The van der Waals surface area contributed by atoms with Crippen molar-refractivity contribution in [1.82, 2.24) is 0 Å². The fourth-order valence-corrected chi connectivity index (χ4v) is 2.72. The summed E-state index contributed by atoms with van der Waals surface area (Å²) in [6, 6.07) is 15.2. The maximum Gasteiger partial charge on any atom is 0.255 e. The molecule has 3 heteroatoms. The van der Waals surface area contributed by atoms with Gasteiger partial charge in [-0.3, -0.25) is 4.79 Å². The topological polar surface area (TPSA) is 38.3 Å². The Bertz CT molecular complexity index is 625. The quantitative estimate of drug-likeness (QED) is 0.897. The number of benzene rings is 2. The first-order valence-electron chi connectivity index (χ1n) is 7.85. The van der Waals surface area contributed by atoms with Crippen LogP contribution in [0.5, 0.6) is 5.75 Å². The van der Waals surface area contributed by atoms with E-state index in [4.69, 9.17) is 4.74 Å². The first-order valence-corrected chi connectivity index (χ1v) is 7.85. The van der Waals surface area contributed by atoms with Gasteiger partial charge in [-0.1, -0.05) is 17.7 Å². The van der Waals surface area contributed by atoms with Crippen LogP contribution in [0.1, 0.15) is 41.6 Å². The second kappa shape index (κ2) is 6.65. The molecular formula is C19H21NO2. The number of nitrogens with one attached hydrogen (secondary N) is 1. The molecule has 2 aromatic carbocycles. The number of carbonyl (C=O) groups excluding carboxylic acids is 1. The summed E-state index contributed by atoms with van der Waals surface area (Å²) < 4.78 is 5.92. The highest BCUT2D eigenvalue weighted by atomic mass is 16.5. The van der Waals surface area contributed by atoms with E-state index in [2.05, 4.69) is 5.32 Å². The van der Waals surface area contributed by atoms with Crippen molar-refractivity contribution in [3.8, 4) is 5.75 Å². The van der Waals surface area contributed by atoms with Crippen molar-refractivity contribution in [3.05, 3.63) is 59.7 Å². The molecule has 2 aromatic rings. The van der Waals surface area contributed by atoms with Gasteiger partial charge in [0.2, 0.25) is 0 Å². The van der Waals surface area contributed by atoms with Gasteiger partial charge in [-0.15, -0.1) is 0 Å². The molecule has 0 aliphatic heterocycles. The van der Waals surface area contributed by atoms with E-state index in [9.17, 15) is 4.79 Å². The Morgan fingerprint density at radius 3 is 2.27 bits per heavy atom. The Labute approximate surface area is 131 Å². The lowest BCUT2D eigenvalue weighted by atomic mass is 10.1. The van der Waals surface area contributed by atoms with Gasteiger partial charge in [0.05, 0.1) is 6.10 Å². The molecule has 3 nitrogen and oxygen atoms in total. The van der Waals surface area contributed by atoms with E-state index in [1.54, 1.807) is 0 Å². The van der Waals surface area contributed by atoms with E-state index in [1.165, 1.54) is 12.8 Å². The molecule has 1 aliphatic carbocycles. The van der Waals surface area contributed by atoms with Gasteiger partial charge in [0.15, 0.2) is 0 Å². The van der Waals surface area contributed by atoms with Gasteiger partial charge in [-0.05, 0) is 69.0 Å². The smallest absolute Gasteiger partial charge is 0.255 e. The van der Waals surface area contributed by atoms with Crippen molar-refractivity contribution < 1.29 is 9.53 Å². The van der Waals surface area contributed by atoms with Gasteiger partial charge >= 0.3 is 0 Å². The summed E-state index contributed by atoms with van der Waals surface area (Å²) in [5.74, 6) is 0.782. The Hall–Kier alpha value is -2.29. The molecule has 114 valence electrons. The Kier molecular flexibility index (Phi) is 4.42. The normalized spacial score (nSPS) is 14.8. The molecule has 1 saturated carbocycles. The lowest BCUT2D eigenvalue weighted by molar-refractivity contribution is 0.102. The molecule has 1 fully saturated rings. The number of carbonyl (C=O) groups is 1. The van der Waals surface area contributed by atoms with Crippen LogP contribution < -0.4 is 10.1 Å². The molecule has 0 aromatic heterocycles. The van der Waals surface area contributed by atoms with Crippen molar-refractivity contribution in [1.29, 1.82) is 0 Å². The van der Waals surface area contributed by atoms with Crippen LogP contribution in [0.2, 0.25) is 0 Å². The summed E-state index contributed by atoms with van der Waals surface area (Å²) in [5, 5.41) is 2.90. The third kappa shape index (κ3) is 3.67. The molecule has 0 bridgehead atoms. The summed E-state index contributed by atoms with van der Waals surface area (Å²) >= 11 is 0. The molecule has 0 radical (unpaired) electrons. The predicted molar refractivity (Wildman–Crippen MR) is 88.5 cm³/mol. The van der Waals surface area contributed by atoms with Crippen LogP contribution in [-0.4, -0.2) is 12.0 Å². The van der Waals surface area contributed by atoms with Crippen molar-refractivity contribution in [2.75, 3.05) is 5.32 Å². The van der Waals surface area contributed by atoms with Gasteiger partial charge in [0, 0.05) is 11.3 Å². The Morgan fingerprint density at radius 2 is 1.64 bits per heavy atom. The predicted octanol–water partition coefficient (Wildman–Crippen LogP) is 4.57. The first kappa shape index (κ1) is 14.6. The number of rotatable bonds is 4. The van der Waals surface area contributed by atoms with Crippen molar-refractivity contribution in [2.24, 2.45) is 0 Å². The van der Waals surface area contributed by atoms with Crippen LogP contribution in [0.15, 0.2) is 48.5 Å². The largest absolute Gasteiger partial charge is 0.490 e. The number of hydrogen-bond donors (Lipinski definition) is 1. The van der Waals surface area contributed by atoms with Gasteiger partial charge in [0.1, 0.15) is 5.75 Å². The van der Waals surface area contributed by atoms with Crippen LogP contribution >= 0.6 is 0 Å². The maximum atomic E-state index is 12.1. The molecule has 0 heterocycles. The van der Waals surface area contributed by atoms with Crippen LogP contribution in [-0.2, 0) is 0 Å². The average molecular weight is 295 g/mol.